The highest BCUT2D eigenvalue weighted by Crippen LogP contribution is 2.32. The second-order valence-electron chi connectivity index (χ2n) is 5.87. The first-order valence-electron chi connectivity index (χ1n) is 6.06. The minimum absolute atomic E-state index is 0.00689. The fourth-order valence-electron chi connectivity index (χ4n) is 2.14. The first-order valence-corrected chi connectivity index (χ1v) is 7.16. The third-order valence-electron chi connectivity index (χ3n) is 2.89. The van der Waals surface area contributed by atoms with Gasteiger partial charge < -0.3 is 4.55 Å². The maximum Gasteiger partial charge on any atom is 0.157 e. The van der Waals surface area contributed by atoms with Gasteiger partial charge in [0.15, 0.2) is 5.78 Å². The summed E-state index contributed by atoms with van der Waals surface area (Å²) in [6, 6.07) is -0.00689. The van der Waals surface area contributed by atoms with Gasteiger partial charge >= 0.3 is 0 Å². The first-order chi connectivity index (χ1) is 7.66. The van der Waals surface area contributed by atoms with Gasteiger partial charge in [-0.15, -0.1) is 4.31 Å². The molecule has 0 N–H and O–H groups in total. The number of rotatable bonds is 3. The van der Waals surface area contributed by atoms with E-state index in [-0.39, 0.29) is 16.6 Å². The fourth-order valence-corrected chi connectivity index (χ4v) is 3.62. The number of hydrogen-bond acceptors (Lipinski definition) is 3. The summed E-state index contributed by atoms with van der Waals surface area (Å²) in [7, 11) is 0. The summed E-state index contributed by atoms with van der Waals surface area (Å²) in [5.41, 5.74) is 0.817. The van der Waals surface area contributed by atoms with E-state index in [4.69, 9.17) is 0 Å². The molecule has 0 bridgehead atoms. The summed E-state index contributed by atoms with van der Waals surface area (Å²) in [6.45, 7) is 12.2. The van der Waals surface area contributed by atoms with Crippen LogP contribution in [0.2, 0.25) is 0 Å². The lowest BCUT2D eigenvalue weighted by Crippen LogP contribution is -2.48. The van der Waals surface area contributed by atoms with Crippen LogP contribution < -0.4 is 0 Å². The van der Waals surface area contributed by atoms with Crippen molar-refractivity contribution >= 4 is 17.1 Å². The number of hydrogen-bond donors (Lipinski definition) is 0. The minimum atomic E-state index is -1.07. The van der Waals surface area contributed by atoms with Crippen LogP contribution in [0.15, 0.2) is 11.6 Å². The second-order valence-corrected chi connectivity index (χ2v) is 8.06. The Kier molecular flexibility index (Phi) is 4.44. The highest BCUT2D eigenvalue weighted by molar-refractivity contribution is 7.90. The van der Waals surface area contributed by atoms with Gasteiger partial charge in [-0.25, -0.2) is 0 Å². The lowest BCUT2D eigenvalue weighted by atomic mass is 9.96. The normalized spacial score (nSPS) is 24.0. The Hall–Kier alpha value is -0.320. The summed E-state index contributed by atoms with van der Waals surface area (Å²) >= 11 is -1.07. The predicted molar refractivity (Wildman–Crippen MR) is 72.0 cm³/mol. The molecule has 98 valence electrons. The van der Waals surface area contributed by atoms with Gasteiger partial charge in [0.2, 0.25) is 0 Å². The van der Waals surface area contributed by atoms with Gasteiger partial charge in [0.1, 0.15) is 4.75 Å². The molecule has 0 saturated carbocycles. The van der Waals surface area contributed by atoms with Crippen LogP contribution in [-0.4, -0.2) is 32.0 Å². The fraction of sp³-hybridized carbons (Fsp3) is 0.769. The highest BCUT2D eigenvalue weighted by atomic mass is 32.2. The van der Waals surface area contributed by atoms with Crippen LogP contribution >= 0.6 is 0 Å². The Morgan fingerprint density at radius 2 is 2.06 bits per heavy atom. The molecule has 0 aromatic rings. The summed E-state index contributed by atoms with van der Waals surface area (Å²) in [5, 5.41) is 0. The molecular formula is C13H23NO2S. The maximum atomic E-state index is 12.4. The van der Waals surface area contributed by atoms with Crippen LogP contribution in [0.25, 0.3) is 0 Å². The van der Waals surface area contributed by atoms with E-state index in [1.807, 2.05) is 31.2 Å². The first kappa shape index (κ1) is 14.7. The summed E-state index contributed by atoms with van der Waals surface area (Å²) in [4.78, 5) is 11.6. The molecule has 0 aromatic carbocycles. The third-order valence-corrected chi connectivity index (χ3v) is 4.74. The molecule has 0 spiro atoms. The second kappa shape index (κ2) is 5.12. The van der Waals surface area contributed by atoms with Crippen LogP contribution in [0.4, 0.5) is 0 Å². The molecule has 1 heterocycles. The molecule has 1 aliphatic heterocycles. The minimum Gasteiger partial charge on any atom is -0.597 e. The van der Waals surface area contributed by atoms with Gasteiger partial charge in [-0.1, -0.05) is 19.9 Å². The molecular weight excluding hydrogens is 234 g/mol. The van der Waals surface area contributed by atoms with E-state index >= 15 is 0 Å². The summed E-state index contributed by atoms with van der Waals surface area (Å²) in [6.07, 6.45) is 1.93. The van der Waals surface area contributed by atoms with Crippen molar-refractivity contribution in [3.05, 3.63) is 11.6 Å². The van der Waals surface area contributed by atoms with Crippen LogP contribution in [0.3, 0.4) is 0 Å². The van der Waals surface area contributed by atoms with Crippen molar-refractivity contribution in [3.63, 3.8) is 0 Å². The number of ketones is 1. The van der Waals surface area contributed by atoms with Gasteiger partial charge in [-0.2, -0.15) is 0 Å². The summed E-state index contributed by atoms with van der Waals surface area (Å²) in [5.74, 6) is 0.385. The lowest BCUT2D eigenvalue weighted by molar-refractivity contribution is -0.114. The van der Waals surface area contributed by atoms with Crippen molar-refractivity contribution in [2.24, 2.45) is 5.92 Å². The van der Waals surface area contributed by atoms with Gasteiger partial charge in [0.05, 0.1) is 12.6 Å². The SMILES string of the molecule is CC(=O)C1=CCN([S+]([O-])C(C)(C)C)[C@@H]1C(C)C. The maximum absolute atomic E-state index is 12.4. The Balaban J connectivity index is 2.95. The molecule has 1 unspecified atom stereocenters. The molecule has 2 atom stereocenters. The average Bonchev–Trinajstić information content (AvgIpc) is 2.58. The van der Waals surface area contributed by atoms with Crippen LogP contribution in [-0.2, 0) is 16.2 Å². The predicted octanol–water partition coefficient (Wildman–Crippen LogP) is 2.30. The molecule has 0 aliphatic carbocycles. The Labute approximate surface area is 108 Å². The standard InChI is InChI=1S/C13H23NO2S/c1-9(2)12-11(10(3)15)7-8-14(12)17(16)13(4,5)6/h7,9,12H,8H2,1-6H3/t12-,17?/m1/s1. The monoisotopic (exact) mass is 257 g/mol. The van der Waals surface area contributed by atoms with E-state index in [1.165, 1.54) is 0 Å². The van der Waals surface area contributed by atoms with Crippen molar-refractivity contribution in [1.82, 2.24) is 4.31 Å². The van der Waals surface area contributed by atoms with E-state index in [0.717, 1.165) is 5.57 Å². The molecule has 1 rings (SSSR count). The zero-order valence-electron chi connectivity index (χ0n) is 11.6. The molecule has 0 amide bonds. The molecule has 0 aromatic heterocycles. The van der Waals surface area contributed by atoms with Crippen molar-refractivity contribution in [1.29, 1.82) is 0 Å². The Morgan fingerprint density at radius 1 is 1.53 bits per heavy atom. The van der Waals surface area contributed by atoms with Crippen LogP contribution in [0.5, 0.6) is 0 Å². The summed E-state index contributed by atoms with van der Waals surface area (Å²) < 4.78 is 14.1. The van der Waals surface area contributed by atoms with E-state index < -0.39 is 11.4 Å². The molecule has 0 radical (unpaired) electrons. The van der Waals surface area contributed by atoms with E-state index in [2.05, 4.69) is 13.8 Å². The lowest BCUT2D eigenvalue weighted by Gasteiger charge is -2.35. The molecule has 4 heteroatoms. The van der Waals surface area contributed by atoms with Crippen molar-refractivity contribution in [3.8, 4) is 0 Å². The average molecular weight is 257 g/mol. The highest BCUT2D eigenvalue weighted by Gasteiger charge is 2.43. The van der Waals surface area contributed by atoms with E-state index in [0.29, 0.717) is 12.5 Å². The number of carbonyl (C=O) groups is 1. The number of carbonyl (C=O) groups excluding carboxylic acids is 1. The molecule has 0 saturated heterocycles. The van der Waals surface area contributed by atoms with E-state index in [9.17, 15) is 9.35 Å². The number of Topliss-reactive ketones (excluding diaryl/α,β-unsaturated/α-hetero) is 1. The third kappa shape index (κ3) is 3.12. The van der Waals surface area contributed by atoms with Crippen LogP contribution in [0.1, 0.15) is 41.5 Å². The number of nitrogens with zero attached hydrogens (tertiary/aromatic N) is 1. The molecule has 1 aliphatic rings. The Morgan fingerprint density at radius 3 is 2.41 bits per heavy atom. The van der Waals surface area contributed by atoms with Gasteiger partial charge in [-0.05, 0) is 33.6 Å². The zero-order valence-corrected chi connectivity index (χ0v) is 12.4. The largest absolute Gasteiger partial charge is 0.597 e. The van der Waals surface area contributed by atoms with Gasteiger partial charge in [-0.3, -0.25) is 4.79 Å². The quantitative estimate of drug-likeness (QED) is 0.729. The van der Waals surface area contributed by atoms with Gasteiger partial charge in [0, 0.05) is 16.9 Å². The zero-order chi connectivity index (χ0) is 13.4. The molecule has 17 heavy (non-hydrogen) atoms. The van der Waals surface area contributed by atoms with E-state index in [1.54, 1.807) is 6.92 Å². The van der Waals surface area contributed by atoms with Crippen molar-refractivity contribution < 1.29 is 9.35 Å². The van der Waals surface area contributed by atoms with Crippen molar-refractivity contribution in [2.45, 2.75) is 52.3 Å². The smallest absolute Gasteiger partial charge is 0.157 e. The Bertz CT molecular complexity index is 331. The molecule has 0 fully saturated rings. The van der Waals surface area contributed by atoms with Crippen LogP contribution in [0, 0.1) is 5.92 Å². The van der Waals surface area contributed by atoms with Crippen molar-refractivity contribution in [2.75, 3.05) is 6.54 Å². The molecule has 3 nitrogen and oxygen atoms in total. The van der Waals surface area contributed by atoms with Gasteiger partial charge in [0.25, 0.3) is 0 Å². The topological polar surface area (TPSA) is 43.4 Å².